The molecule has 0 atom stereocenters. The van der Waals surface area contributed by atoms with Crippen LogP contribution < -0.4 is 11.1 Å². The molecular formula is C10H6N2O2S4. The molecule has 3 aromatic rings. The first-order valence-corrected chi connectivity index (χ1v) is 7.37. The van der Waals surface area contributed by atoms with Gasteiger partial charge in [-0.25, -0.2) is 0 Å². The lowest BCUT2D eigenvalue weighted by molar-refractivity contribution is 0.880. The zero-order chi connectivity index (χ0) is 13.2. The van der Waals surface area contributed by atoms with E-state index in [4.69, 9.17) is 24.4 Å². The van der Waals surface area contributed by atoms with Crippen molar-refractivity contribution in [3.8, 4) is 0 Å². The van der Waals surface area contributed by atoms with E-state index in [1.807, 2.05) is 0 Å². The van der Waals surface area contributed by atoms with Gasteiger partial charge in [0.1, 0.15) is 18.7 Å². The maximum Gasteiger partial charge on any atom is 0.270 e. The normalized spacial score (nSPS) is 11.7. The summed E-state index contributed by atoms with van der Waals surface area (Å²) in [6.45, 7) is 0. The van der Waals surface area contributed by atoms with Crippen molar-refractivity contribution in [3.63, 3.8) is 0 Å². The Morgan fingerprint density at radius 3 is 1.44 bits per heavy atom. The van der Waals surface area contributed by atoms with Crippen molar-refractivity contribution >= 4 is 65.9 Å². The first kappa shape index (κ1) is 12.1. The van der Waals surface area contributed by atoms with Crippen LogP contribution in [-0.2, 0) is 14.1 Å². The fourth-order valence-electron chi connectivity index (χ4n) is 1.75. The number of rotatable bonds is 0. The van der Waals surface area contributed by atoms with Crippen molar-refractivity contribution in [2.45, 2.75) is 0 Å². The second-order valence-electron chi connectivity index (χ2n) is 3.86. The van der Waals surface area contributed by atoms with E-state index >= 15 is 0 Å². The number of fused-ring (bicyclic) bond motifs is 2. The maximum atomic E-state index is 12.0. The molecular weight excluding hydrogens is 308 g/mol. The Morgan fingerprint density at radius 2 is 1.11 bits per heavy atom. The van der Waals surface area contributed by atoms with E-state index in [1.54, 1.807) is 14.1 Å². The predicted octanol–water partition coefficient (Wildman–Crippen LogP) is 2.41. The number of aromatic nitrogens is 2. The minimum absolute atomic E-state index is 0.121. The fourth-order valence-corrected chi connectivity index (χ4v) is 5.04. The van der Waals surface area contributed by atoms with Gasteiger partial charge in [0, 0.05) is 14.1 Å². The Kier molecular flexibility index (Phi) is 2.53. The molecule has 3 rings (SSSR count). The van der Waals surface area contributed by atoms with Crippen molar-refractivity contribution < 1.29 is 0 Å². The fraction of sp³-hybridized carbons (Fsp3) is 0.200. The zero-order valence-corrected chi connectivity index (χ0v) is 12.6. The standard InChI is InChI=1S/C10H6N2O2S4/c1-11-7(13)3-5(9(11)15)18-4-6(17-3)10(16)12(2)8(4)14/h1-2H3. The zero-order valence-electron chi connectivity index (χ0n) is 9.34. The molecule has 4 nitrogen and oxygen atoms in total. The van der Waals surface area contributed by atoms with Gasteiger partial charge >= 0.3 is 0 Å². The Balaban J connectivity index is 2.78. The average Bonchev–Trinajstić information content (AvgIpc) is 2.71. The Hall–Kier alpha value is -0.960. The molecule has 0 spiro atoms. The molecule has 3 heterocycles. The quantitative estimate of drug-likeness (QED) is 0.598. The summed E-state index contributed by atoms with van der Waals surface area (Å²) in [5, 5.41) is 0. The average molecular weight is 314 g/mol. The summed E-state index contributed by atoms with van der Waals surface area (Å²) in [7, 11) is 3.28. The molecule has 0 bridgehead atoms. The molecule has 0 aliphatic carbocycles. The number of hydrogen-bond donors (Lipinski definition) is 0. The molecule has 0 saturated heterocycles. The van der Waals surface area contributed by atoms with Crippen molar-refractivity contribution in [3.05, 3.63) is 30.0 Å². The lowest BCUT2D eigenvalue weighted by Crippen LogP contribution is -2.09. The minimum Gasteiger partial charge on any atom is -0.300 e. The van der Waals surface area contributed by atoms with Crippen LogP contribution in [-0.4, -0.2) is 9.13 Å². The summed E-state index contributed by atoms with van der Waals surface area (Å²) >= 11 is 12.9. The molecule has 92 valence electrons. The van der Waals surface area contributed by atoms with Gasteiger partial charge in [-0.1, -0.05) is 24.4 Å². The van der Waals surface area contributed by atoms with Crippen molar-refractivity contribution in [1.82, 2.24) is 9.13 Å². The highest BCUT2D eigenvalue weighted by Gasteiger charge is 2.15. The minimum atomic E-state index is -0.121. The van der Waals surface area contributed by atoms with E-state index in [-0.39, 0.29) is 11.1 Å². The van der Waals surface area contributed by atoms with Crippen molar-refractivity contribution in [2.24, 2.45) is 14.1 Å². The van der Waals surface area contributed by atoms with Crippen LogP contribution in [0.5, 0.6) is 0 Å². The van der Waals surface area contributed by atoms with Gasteiger partial charge in [-0.2, -0.15) is 0 Å². The van der Waals surface area contributed by atoms with E-state index in [0.29, 0.717) is 28.1 Å². The molecule has 0 amide bonds. The van der Waals surface area contributed by atoms with Gasteiger partial charge in [0.15, 0.2) is 0 Å². The molecule has 0 N–H and O–H groups in total. The van der Waals surface area contributed by atoms with Crippen molar-refractivity contribution in [1.29, 1.82) is 0 Å². The summed E-state index contributed by atoms with van der Waals surface area (Å²) in [4.78, 5) is 24.0. The molecule has 0 radical (unpaired) electrons. The first-order chi connectivity index (χ1) is 8.43. The molecule has 0 unspecified atom stereocenters. The maximum absolute atomic E-state index is 12.0. The molecule has 3 aromatic heterocycles. The van der Waals surface area contributed by atoms with Gasteiger partial charge in [0.2, 0.25) is 0 Å². The van der Waals surface area contributed by atoms with Crippen LogP contribution in [0.15, 0.2) is 9.59 Å². The largest absolute Gasteiger partial charge is 0.300 e. The van der Waals surface area contributed by atoms with Gasteiger partial charge < -0.3 is 9.13 Å². The van der Waals surface area contributed by atoms with Gasteiger partial charge in [-0.05, 0) is 0 Å². The molecule has 0 saturated carbocycles. The van der Waals surface area contributed by atoms with Gasteiger partial charge in [-0.15, -0.1) is 22.7 Å². The first-order valence-electron chi connectivity index (χ1n) is 4.92. The monoisotopic (exact) mass is 314 g/mol. The predicted molar refractivity (Wildman–Crippen MR) is 80.5 cm³/mol. The van der Waals surface area contributed by atoms with E-state index in [2.05, 4.69) is 0 Å². The highest BCUT2D eigenvalue weighted by Crippen LogP contribution is 2.31. The van der Waals surface area contributed by atoms with Crippen molar-refractivity contribution in [2.75, 3.05) is 0 Å². The van der Waals surface area contributed by atoms with Gasteiger partial charge in [-0.3, -0.25) is 9.59 Å². The second-order valence-corrected chi connectivity index (χ2v) is 6.67. The van der Waals surface area contributed by atoms with E-state index in [0.717, 1.165) is 0 Å². The van der Waals surface area contributed by atoms with Crippen LogP contribution >= 0.6 is 47.1 Å². The Morgan fingerprint density at radius 1 is 0.778 bits per heavy atom. The molecule has 8 heteroatoms. The Bertz CT molecular complexity index is 862. The van der Waals surface area contributed by atoms with Gasteiger partial charge in [0.25, 0.3) is 11.1 Å². The van der Waals surface area contributed by atoms with Crippen LogP contribution in [0.3, 0.4) is 0 Å². The molecule has 0 aromatic carbocycles. The molecule has 0 fully saturated rings. The topological polar surface area (TPSA) is 44.0 Å². The van der Waals surface area contributed by atoms with Gasteiger partial charge in [0.05, 0.1) is 9.40 Å². The third-order valence-corrected chi connectivity index (χ3v) is 6.66. The third-order valence-electron chi connectivity index (χ3n) is 2.82. The lowest BCUT2D eigenvalue weighted by Gasteiger charge is -1.86. The highest BCUT2D eigenvalue weighted by molar-refractivity contribution is 7.72. The van der Waals surface area contributed by atoms with E-state index < -0.39 is 0 Å². The van der Waals surface area contributed by atoms with Crippen LogP contribution in [0.1, 0.15) is 0 Å². The van der Waals surface area contributed by atoms with Crippen LogP contribution in [0.4, 0.5) is 0 Å². The summed E-state index contributed by atoms with van der Waals surface area (Å²) < 4.78 is 6.38. The molecule has 0 aliphatic heterocycles. The van der Waals surface area contributed by atoms with Crippen LogP contribution in [0, 0.1) is 9.28 Å². The SMILES string of the molecule is Cn1c(=O)c2sc3c(=S)n(C)c(=O)c3sc2c1=S. The van der Waals surface area contributed by atoms with E-state index in [1.165, 1.54) is 31.8 Å². The number of nitrogens with zero attached hydrogens (tertiary/aromatic N) is 2. The van der Waals surface area contributed by atoms with Crippen LogP contribution in [0.25, 0.3) is 18.8 Å². The summed E-state index contributed by atoms with van der Waals surface area (Å²) in [6.07, 6.45) is 0. The Labute approximate surface area is 119 Å². The summed E-state index contributed by atoms with van der Waals surface area (Å²) in [5.41, 5.74) is -0.243. The second kappa shape index (κ2) is 3.77. The summed E-state index contributed by atoms with van der Waals surface area (Å²) in [6, 6.07) is 0. The molecule has 0 aliphatic rings. The molecule has 18 heavy (non-hydrogen) atoms. The smallest absolute Gasteiger partial charge is 0.270 e. The van der Waals surface area contributed by atoms with E-state index in [9.17, 15) is 9.59 Å². The third kappa shape index (κ3) is 1.34. The van der Waals surface area contributed by atoms with Crippen LogP contribution in [0.2, 0.25) is 0 Å². The lowest BCUT2D eigenvalue weighted by atomic mass is 10.6. The number of hydrogen-bond acceptors (Lipinski definition) is 6. The summed E-state index contributed by atoms with van der Waals surface area (Å²) in [5.74, 6) is 0. The highest BCUT2D eigenvalue weighted by atomic mass is 32.1.